The molecule has 0 aliphatic carbocycles. The Bertz CT molecular complexity index is 2520. The molecule has 0 saturated carbocycles. The van der Waals surface area contributed by atoms with Gasteiger partial charge in [0.2, 0.25) is 5.89 Å². The van der Waals surface area contributed by atoms with Crippen molar-refractivity contribution in [1.82, 2.24) is 4.98 Å². The van der Waals surface area contributed by atoms with E-state index in [1.807, 2.05) is 30.3 Å². The molecule has 0 atom stereocenters. The van der Waals surface area contributed by atoms with Crippen LogP contribution in [0.5, 0.6) is 0 Å². The summed E-state index contributed by atoms with van der Waals surface area (Å²) in [5, 5.41) is 4.61. The molecular weight excluding hydrogens is 585 g/mol. The van der Waals surface area contributed by atoms with Crippen molar-refractivity contribution in [2.45, 2.75) is 0 Å². The fourth-order valence-corrected chi connectivity index (χ4v) is 6.67. The van der Waals surface area contributed by atoms with Gasteiger partial charge < -0.3 is 9.32 Å². The van der Waals surface area contributed by atoms with Gasteiger partial charge in [0.15, 0.2) is 5.58 Å². The highest BCUT2D eigenvalue weighted by atomic mass is 16.3. The lowest BCUT2D eigenvalue weighted by molar-refractivity contribution is 0.623. The van der Waals surface area contributed by atoms with Gasteiger partial charge >= 0.3 is 0 Å². The zero-order valence-corrected chi connectivity index (χ0v) is 26.1. The second kappa shape index (κ2) is 11.7. The summed E-state index contributed by atoms with van der Waals surface area (Å²) in [6.07, 6.45) is 0. The SMILES string of the molecule is c1ccc(-c2ccc(N(c3ccccc3)c3ccc(-c4ccc5ccc6c(ccc7nc(-c8ccccc8)oc76)c5c4)cc3)cc2)cc1. The first-order valence-corrected chi connectivity index (χ1v) is 16.2. The second-order valence-corrected chi connectivity index (χ2v) is 12.0. The summed E-state index contributed by atoms with van der Waals surface area (Å²) in [4.78, 5) is 7.10. The lowest BCUT2D eigenvalue weighted by Crippen LogP contribution is -2.09. The van der Waals surface area contributed by atoms with Crippen molar-refractivity contribution in [1.29, 1.82) is 0 Å². The Kier molecular flexibility index (Phi) is 6.80. The predicted octanol–water partition coefficient (Wildman–Crippen LogP) is 12.6. The molecule has 226 valence electrons. The molecule has 3 nitrogen and oxygen atoms in total. The normalized spacial score (nSPS) is 11.3. The summed E-state index contributed by atoms with van der Waals surface area (Å²) in [5.74, 6) is 0.642. The van der Waals surface area contributed by atoms with Crippen molar-refractivity contribution in [3.05, 3.63) is 182 Å². The van der Waals surface area contributed by atoms with E-state index >= 15 is 0 Å². The van der Waals surface area contributed by atoms with E-state index in [1.165, 1.54) is 27.5 Å². The van der Waals surface area contributed by atoms with Gasteiger partial charge in [-0.2, -0.15) is 0 Å². The minimum absolute atomic E-state index is 0.642. The molecule has 0 N–H and O–H groups in total. The molecule has 0 radical (unpaired) electrons. The summed E-state index contributed by atoms with van der Waals surface area (Å²) >= 11 is 0. The van der Waals surface area contributed by atoms with Crippen molar-refractivity contribution < 1.29 is 4.42 Å². The van der Waals surface area contributed by atoms with E-state index in [4.69, 9.17) is 9.40 Å². The van der Waals surface area contributed by atoms with Crippen molar-refractivity contribution in [2.24, 2.45) is 0 Å². The number of benzene rings is 8. The molecule has 3 heteroatoms. The molecule has 48 heavy (non-hydrogen) atoms. The maximum Gasteiger partial charge on any atom is 0.227 e. The van der Waals surface area contributed by atoms with Crippen LogP contribution in [0.1, 0.15) is 0 Å². The van der Waals surface area contributed by atoms with Crippen LogP contribution < -0.4 is 4.90 Å². The van der Waals surface area contributed by atoms with E-state index in [0.717, 1.165) is 50.1 Å². The Morgan fingerprint density at radius 2 is 0.875 bits per heavy atom. The molecule has 0 bridgehead atoms. The van der Waals surface area contributed by atoms with Crippen LogP contribution in [0.2, 0.25) is 0 Å². The van der Waals surface area contributed by atoms with E-state index in [0.29, 0.717) is 5.89 Å². The van der Waals surface area contributed by atoms with Gasteiger partial charge in [-0.3, -0.25) is 0 Å². The maximum atomic E-state index is 6.35. The van der Waals surface area contributed by atoms with Crippen LogP contribution >= 0.6 is 0 Å². The topological polar surface area (TPSA) is 29.3 Å². The number of hydrogen-bond acceptors (Lipinski definition) is 3. The summed E-state index contributed by atoms with van der Waals surface area (Å²) in [5.41, 5.74) is 10.7. The van der Waals surface area contributed by atoms with Crippen molar-refractivity contribution in [3.8, 4) is 33.7 Å². The Morgan fingerprint density at radius 1 is 0.375 bits per heavy atom. The first-order chi connectivity index (χ1) is 23.8. The van der Waals surface area contributed by atoms with Crippen molar-refractivity contribution in [3.63, 3.8) is 0 Å². The summed E-state index contributed by atoms with van der Waals surface area (Å²) in [6.45, 7) is 0. The molecule has 0 saturated heterocycles. The third-order valence-electron chi connectivity index (χ3n) is 9.10. The van der Waals surface area contributed by atoms with Gasteiger partial charge in [-0.05, 0) is 105 Å². The van der Waals surface area contributed by atoms with E-state index < -0.39 is 0 Å². The van der Waals surface area contributed by atoms with Gasteiger partial charge in [-0.25, -0.2) is 4.98 Å². The Morgan fingerprint density at radius 3 is 1.54 bits per heavy atom. The molecule has 9 aromatic rings. The zero-order chi connectivity index (χ0) is 31.9. The monoisotopic (exact) mass is 614 g/mol. The maximum absolute atomic E-state index is 6.35. The van der Waals surface area contributed by atoms with Gasteiger partial charge in [-0.1, -0.05) is 115 Å². The second-order valence-electron chi connectivity index (χ2n) is 12.0. The van der Waals surface area contributed by atoms with Crippen LogP contribution in [-0.2, 0) is 0 Å². The smallest absolute Gasteiger partial charge is 0.227 e. The number of aromatic nitrogens is 1. The first kappa shape index (κ1) is 27.8. The summed E-state index contributed by atoms with van der Waals surface area (Å²) in [7, 11) is 0. The molecule has 1 heterocycles. The number of anilines is 3. The molecule has 9 rings (SSSR count). The zero-order valence-electron chi connectivity index (χ0n) is 26.1. The van der Waals surface area contributed by atoms with Gasteiger partial charge in [-0.15, -0.1) is 0 Å². The van der Waals surface area contributed by atoms with Gasteiger partial charge in [0.1, 0.15) is 5.52 Å². The molecule has 0 aliphatic rings. The standard InChI is InChI=1S/C45H30N2O/c1-4-10-31(11-5-1)32-18-23-38(24-19-32)47(37-14-8-3-9-15-37)39-25-20-33(21-26-39)36-17-16-34-22-27-41-40(42(34)30-36)28-29-43-44(41)48-45(46-43)35-12-6-2-7-13-35/h1-30H. The molecule has 0 fully saturated rings. The lowest BCUT2D eigenvalue weighted by atomic mass is 9.96. The van der Waals surface area contributed by atoms with Gasteiger partial charge in [0, 0.05) is 28.0 Å². The number of para-hydroxylation sites is 1. The highest BCUT2D eigenvalue weighted by molar-refractivity contribution is 6.16. The molecule has 8 aromatic carbocycles. The largest absolute Gasteiger partial charge is 0.435 e. The Balaban J connectivity index is 1.08. The first-order valence-electron chi connectivity index (χ1n) is 16.2. The van der Waals surface area contributed by atoms with Crippen LogP contribution in [0, 0.1) is 0 Å². The molecule has 0 unspecified atom stereocenters. The van der Waals surface area contributed by atoms with Crippen LogP contribution in [-0.4, -0.2) is 4.98 Å². The fourth-order valence-electron chi connectivity index (χ4n) is 6.67. The molecular formula is C45H30N2O. The number of fused-ring (bicyclic) bond motifs is 5. The van der Waals surface area contributed by atoms with Gasteiger partial charge in [0.25, 0.3) is 0 Å². The van der Waals surface area contributed by atoms with Crippen LogP contribution in [0.3, 0.4) is 0 Å². The number of rotatable bonds is 6. The lowest BCUT2D eigenvalue weighted by Gasteiger charge is -2.26. The van der Waals surface area contributed by atoms with E-state index in [2.05, 4.69) is 157 Å². The van der Waals surface area contributed by atoms with Crippen molar-refractivity contribution >= 4 is 49.7 Å². The highest BCUT2D eigenvalue weighted by Crippen LogP contribution is 2.38. The molecule has 1 aromatic heterocycles. The third-order valence-corrected chi connectivity index (χ3v) is 9.10. The predicted molar refractivity (Wildman–Crippen MR) is 200 cm³/mol. The highest BCUT2D eigenvalue weighted by Gasteiger charge is 2.15. The average Bonchev–Trinajstić information content (AvgIpc) is 3.62. The van der Waals surface area contributed by atoms with Crippen LogP contribution in [0.4, 0.5) is 17.1 Å². The molecule has 0 aliphatic heterocycles. The molecule has 0 spiro atoms. The van der Waals surface area contributed by atoms with Crippen molar-refractivity contribution in [2.75, 3.05) is 4.90 Å². The summed E-state index contributed by atoms with van der Waals surface area (Å²) < 4.78 is 6.35. The minimum Gasteiger partial charge on any atom is -0.435 e. The van der Waals surface area contributed by atoms with E-state index in [-0.39, 0.29) is 0 Å². The Labute approximate surface area is 279 Å². The minimum atomic E-state index is 0.642. The number of hydrogen-bond donors (Lipinski definition) is 0. The van der Waals surface area contributed by atoms with Crippen LogP contribution in [0.25, 0.3) is 66.4 Å². The Hall–Kier alpha value is -6.45. The number of oxazole rings is 1. The quantitative estimate of drug-likeness (QED) is 0.175. The van der Waals surface area contributed by atoms with Crippen LogP contribution in [0.15, 0.2) is 186 Å². The average molecular weight is 615 g/mol. The van der Waals surface area contributed by atoms with E-state index in [1.54, 1.807) is 0 Å². The van der Waals surface area contributed by atoms with Gasteiger partial charge in [0.05, 0.1) is 0 Å². The van der Waals surface area contributed by atoms with E-state index in [9.17, 15) is 0 Å². The summed E-state index contributed by atoms with van der Waals surface area (Å²) in [6, 6.07) is 64.1. The molecule has 0 amide bonds. The third kappa shape index (κ3) is 4.99. The fraction of sp³-hybridized carbons (Fsp3) is 0. The number of nitrogens with zero attached hydrogens (tertiary/aromatic N) is 2.